The number of hydrogen-bond acceptors (Lipinski definition) is 4. The minimum atomic E-state index is -2.23. The zero-order valence-electron chi connectivity index (χ0n) is 9.01. The summed E-state index contributed by atoms with van der Waals surface area (Å²) in [5, 5.41) is 0. The summed E-state index contributed by atoms with van der Waals surface area (Å²) in [7, 11) is -2.23. The van der Waals surface area contributed by atoms with Crippen molar-refractivity contribution >= 4 is 111 Å². The molecule has 2 N–H and O–H groups in total. The molecule has 0 fully saturated rings. The lowest BCUT2D eigenvalue weighted by Crippen LogP contribution is -2.51. The lowest BCUT2D eigenvalue weighted by Gasteiger charge is -2.28. The predicted octanol–water partition coefficient (Wildman–Crippen LogP) is -6.63. The third-order valence-corrected chi connectivity index (χ3v) is 9.15. The van der Waals surface area contributed by atoms with Crippen LogP contribution < -0.4 is 5.73 Å². The summed E-state index contributed by atoms with van der Waals surface area (Å²) in [6, 6.07) is 0. The molecule has 4 nitrogen and oxygen atoms in total. The van der Waals surface area contributed by atoms with Crippen LogP contribution in [0.3, 0.4) is 0 Å². The van der Waals surface area contributed by atoms with Crippen LogP contribution in [0, 0.1) is 0 Å². The Bertz CT molecular complexity index is 65.7. The van der Waals surface area contributed by atoms with Gasteiger partial charge in [-0.05, 0) is 0 Å². The van der Waals surface area contributed by atoms with Gasteiger partial charge >= 0.3 is 58.7 Å². The van der Waals surface area contributed by atoms with Crippen molar-refractivity contribution in [1.29, 1.82) is 0 Å². The summed E-state index contributed by atoms with van der Waals surface area (Å²) in [5.41, 5.74) is 5.39. The zero-order valence-corrected chi connectivity index (χ0v) is 22.0. The Labute approximate surface area is 131 Å². The molecular weight excluding hydrogens is 264 g/mol. The maximum Gasteiger partial charge on any atom is 0.426 e. The summed E-state index contributed by atoms with van der Waals surface area (Å²) >= 11 is 1.95. The Morgan fingerprint density at radius 2 is 1.17 bits per heavy atom. The van der Waals surface area contributed by atoms with E-state index in [4.69, 9.17) is 16.2 Å². The molecule has 0 aromatic heterocycles. The fourth-order valence-electron chi connectivity index (χ4n) is 0.500. The fourth-order valence-corrected chi connectivity index (χ4v) is 9.00. The van der Waals surface area contributed by atoms with Crippen molar-refractivity contribution in [3.8, 4) is 0 Å². The van der Waals surface area contributed by atoms with Crippen molar-refractivity contribution in [2.45, 2.75) is 0 Å². The largest absolute Gasteiger partial charge is 0.511 e. The van der Waals surface area contributed by atoms with Crippen molar-refractivity contribution in [2.24, 2.45) is 5.73 Å². The van der Waals surface area contributed by atoms with Gasteiger partial charge in [-0.3, -0.25) is 0 Å². The second-order valence-electron chi connectivity index (χ2n) is 1.50. The quantitative estimate of drug-likeness (QED) is 0.520. The minimum absolute atomic E-state index is 0. The number of hydrogen-bond donors (Lipinski definition) is 1. The normalized spacial score (nSPS) is 8.75. The van der Waals surface area contributed by atoms with Crippen LogP contribution in [0.2, 0.25) is 0 Å². The molecule has 12 heavy (non-hydrogen) atoms. The summed E-state index contributed by atoms with van der Waals surface area (Å²) in [5.74, 6) is 0. The maximum absolute atomic E-state index is 5.39. The average molecular weight is 280 g/mol. The van der Waals surface area contributed by atoms with Gasteiger partial charge in [0.05, 0.1) is 6.17 Å². The molecule has 0 aromatic carbocycles. The number of rotatable bonds is 4. The Morgan fingerprint density at radius 3 is 1.17 bits per heavy atom. The molecule has 0 heterocycles. The molecule has 0 aromatic rings. The van der Waals surface area contributed by atoms with Crippen LogP contribution in [0.1, 0.15) is 0 Å². The van der Waals surface area contributed by atoms with Crippen LogP contribution in [0.15, 0.2) is 0 Å². The zero-order chi connectivity index (χ0) is 7.33. The van der Waals surface area contributed by atoms with E-state index in [1.165, 1.54) is 0 Å². The van der Waals surface area contributed by atoms with Crippen molar-refractivity contribution in [3.05, 3.63) is 0 Å². The van der Waals surface area contributed by atoms with Crippen LogP contribution in [0.4, 0.5) is 0 Å². The van der Waals surface area contributed by atoms with Gasteiger partial charge in [0.15, 0.2) is 0 Å². The predicted molar refractivity (Wildman–Crippen MR) is 69.3 cm³/mol. The van der Waals surface area contributed by atoms with E-state index in [0.717, 1.165) is 0 Å². The van der Waals surface area contributed by atoms with Gasteiger partial charge in [-0.15, -0.1) is 0 Å². The topological polar surface area (TPSA) is 53.7 Å². The average Bonchev–Trinajstić information content (AvgIpc) is 1.95. The van der Waals surface area contributed by atoms with Gasteiger partial charge in [0.2, 0.25) is 0 Å². The molecule has 0 atom stereocenters. The van der Waals surface area contributed by atoms with Gasteiger partial charge < -0.3 is 16.2 Å². The smallest absolute Gasteiger partial charge is 0.426 e. The van der Waals surface area contributed by atoms with Gasteiger partial charge in [0.1, 0.15) is 52.1 Å². The van der Waals surface area contributed by atoms with E-state index in [-0.39, 0.29) is 52.1 Å². The molecule has 0 saturated carbocycles. The summed E-state index contributed by atoms with van der Waals surface area (Å²) in [4.78, 5) is 0. The lowest BCUT2D eigenvalue weighted by molar-refractivity contribution is 0.297. The van der Waals surface area contributed by atoms with Crippen molar-refractivity contribution in [2.75, 3.05) is 6.17 Å². The van der Waals surface area contributed by atoms with Gasteiger partial charge in [0.25, 0.3) is 0 Å². The van der Waals surface area contributed by atoms with E-state index in [0.29, 0.717) is 56.0 Å². The molecule has 3 radical (unpaired) electrons. The molecule has 11 heteroatoms. The van der Waals surface area contributed by atoms with Gasteiger partial charge in [-0.1, -0.05) is 0 Å². The Balaban J connectivity index is -0.000000107. The highest BCUT2D eigenvalue weighted by Gasteiger charge is 2.29. The van der Waals surface area contributed by atoms with E-state index in [9.17, 15) is 0 Å². The summed E-state index contributed by atoms with van der Waals surface area (Å²) in [6.07, 6.45) is 0.420. The van der Waals surface area contributed by atoms with E-state index in [1.807, 2.05) is 0 Å². The Morgan fingerprint density at radius 1 is 0.917 bits per heavy atom. The SMILES string of the molecule is NC[Si]([O][AlH2])([O][AlH2])[O][AlH2].[AlH2].[AlH2].[AlH2]. The molecule has 0 saturated heterocycles. The van der Waals surface area contributed by atoms with Gasteiger partial charge in [-0.25, -0.2) is 0 Å². The lowest BCUT2D eigenvalue weighted by atomic mass is 11.5. The highest BCUT2D eigenvalue weighted by atomic mass is 28.4. The molecule has 0 aliphatic heterocycles. The third kappa shape index (κ3) is 8.55. The highest BCUT2D eigenvalue weighted by molar-refractivity contribution is 6.69. The van der Waals surface area contributed by atoms with Gasteiger partial charge in [0, 0.05) is 0 Å². The summed E-state index contributed by atoms with van der Waals surface area (Å²) < 4.78 is 15.5. The molecule has 0 aliphatic carbocycles. The minimum Gasteiger partial charge on any atom is -0.511 e. The molecule has 0 amide bonds. The number of nitrogens with two attached hydrogens (primary N) is 1. The molecule has 0 rings (SSSR count). The first-order valence-electron chi connectivity index (χ1n) is 2.60. The first-order chi connectivity index (χ1) is 4.24. The van der Waals surface area contributed by atoms with E-state index >= 15 is 0 Å². The van der Waals surface area contributed by atoms with Crippen LogP contribution in [-0.4, -0.2) is 117 Å². The fraction of sp³-hybridized carbons (Fsp3) is 1.00. The van der Waals surface area contributed by atoms with E-state index in [2.05, 4.69) is 0 Å². The van der Waals surface area contributed by atoms with Crippen molar-refractivity contribution in [1.82, 2.24) is 0 Å². The van der Waals surface area contributed by atoms with Crippen molar-refractivity contribution < 1.29 is 10.4 Å². The van der Waals surface area contributed by atoms with Crippen LogP contribution in [-0.2, 0) is 10.4 Å². The second-order valence-corrected chi connectivity index (χ2v) is 8.17. The molecule has 0 aliphatic rings. The molecular formula is CH16Al6NO3Si. The molecule has 0 unspecified atom stereocenters. The first kappa shape index (κ1) is 24.5. The first-order valence-corrected chi connectivity index (χ1v) is 6.98. The van der Waals surface area contributed by atoms with Crippen LogP contribution in [0.5, 0.6) is 0 Å². The molecule has 0 bridgehead atoms. The van der Waals surface area contributed by atoms with Crippen LogP contribution >= 0.6 is 0 Å². The molecule has 0 spiro atoms. The van der Waals surface area contributed by atoms with E-state index in [1.54, 1.807) is 0 Å². The van der Waals surface area contributed by atoms with E-state index < -0.39 is 8.80 Å². The maximum atomic E-state index is 5.39. The van der Waals surface area contributed by atoms with Gasteiger partial charge in [-0.2, -0.15) is 0 Å². The highest BCUT2D eigenvalue weighted by Crippen LogP contribution is 1.99. The standard InChI is InChI=1S/CH4NO3Si.6Al.12H/c2-1-6(3,4)5;;;;;;;;;;;;;;;;;;/h1-2H2;;;;;;;;;;;;;;;;;;/q-3;;;;3*+1;;;;;;;;;;;;. The molecule has 65 valence electrons. The van der Waals surface area contributed by atoms with Crippen LogP contribution in [0.25, 0.3) is 0 Å². The Kier molecular flexibility index (Phi) is 29.1. The second kappa shape index (κ2) is 14.3. The monoisotopic (exact) mass is 280 g/mol. The summed E-state index contributed by atoms with van der Waals surface area (Å²) in [6.45, 7) is 0. The van der Waals surface area contributed by atoms with Crippen molar-refractivity contribution in [3.63, 3.8) is 0 Å². The third-order valence-electron chi connectivity index (χ3n) is 1.18. The Hall–Kier alpha value is 3.25.